The molecule has 1 aliphatic rings. The zero-order chi connectivity index (χ0) is 23.6. The number of nitrogens with one attached hydrogen (secondary N) is 1. The fourth-order valence-corrected chi connectivity index (χ4v) is 5.16. The zero-order valence-electron chi connectivity index (χ0n) is 17.0. The van der Waals surface area contributed by atoms with Gasteiger partial charge < -0.3 is 4.42 Å². The summed E-state index contributed by atoms with van der Waals surface area (Å²) in [7, 11) is -3.97. The summed E-state index contributed by atoms with van der Waals surface area (Å²) in [6.07, 6.45) is 0.529. The lowest BCUT2D eigenvalue weighted by molar-refractivity contribution is -0.384. The quantitative estimate of drug-likeness (QED) is 0.407. The number of hydrogen-bond donors (Lipinski definition) is 1. The van der Waals surface area contributed by atoms with Crippen molar-refractivity contribution in [3.63, 3.8) is 0 Å². The fourth-order valence-electron chi connectivity index (χ4n) is 3.48. The van der Waals surface area contributed by atoms with E-state index in [1.54, 1.807) is 12.1 Å². The Kier molecular flexibility index (Phi) is 6.40. The Balaban J connectivity index is 1.38. The number of nitro benzene ring substituents is 1. The summed E-state index contributed by atoms with van der Waals surface area (Å²) in [5, 5.41) is 21.2. The van der Waals surface area contributed by atoms with Gasteiger partial charge in [0, 0.05) is 30.6 Å². The molecule has 0 atom stereocenters. The van der Waals surface area contributed by atoms with E-state index >= 15 is 0 Å². The van der Waals surface area contributed by atoms with E-state index in [0.717, 1.165) is 6.07 Å². The lowest BCUT2D eigenvalue weighted by Gasteiger charge is -2.30. The molecule has 3 aromatic rings. The first-order valence-electron chi connectivity index (χ1n) is 9.89. The van der Waals surface area contributed by atoms with Gasteiger partial charge in [-0.25, -0.2) is 8.42 Å². The predicted octanol–water partition coefficient (Wildman–Crippen LogP) is 3.34. The van der Waals surface area contributed by atoms with Crippen molar-refractivity contribution in [1.82, 2.24) is 14.5 Å². The molecule has 0 aliphatic carbocycles. The third-order valence-corrected chi connectivity index (χ3v) is 7.47. The molecule has 0 radical (unpaired) electrons. The number of rotatable bonds is 6. The van der Waals surface area contributed by atoms with Crippen LogP contribution in [0.25, 0.3) is 11.5 Å². The average molecular weight is 492 g/mol. The van der Waals surface area contributed by atoms with E-state index in [1.165, 1.54) is 16.4 Å². The maximum absolute atomic E-state index is 12.9. The summed E-state index contributed by atoms with van der Waals surface area (Å²) in [6, 6.07) is 12.4. The standard InChI is InChI=1S/C20H18ClN5O6S/c21-16-7-6-15(12-17(16)26(28)29)33(30,31)25-10-8-13(9-11-25)18(27)22-20-24-23-19(32-20)14-4-2-1-3-5-14/h1-7,12-13H,8-11H2,(H,22,24,27). The molecule has 4 rings (SSSR count). The Labute approximate surface area is 193 Å². The smallest absolute Gasteiger partial charge is 0.322 e. The number of anilines is 1. The van der Waals surface area contributed by atoms with Crippen LogP contribution in [0.15, 0.2) is 57.8 Å². The highest BCUT2D eigenvalue weighted by Gasteiger charge is 2.33. The molecule has 2 aromatic carbocycles. The third kappa shape index (κ3) is 4.87. The number of piperidine rings is 1. The summed E-state index contributed by atoms with van der Waals surface area (Å²) < 4.78 is 32.5. The molecule has 1 saturated heterocycles. The Morgan fingerprint density at radius 1 is 1.15 bits per heavy atom. The molecule has 0 spiro atoms. The molecule has 172 valence electrons. The van der Waals surface area contributed by atoms with Crippen molar-refractivity contribution in [2.24, 2.45) is 5.92 Å². The van der Waals surface area contributed by atoms with Gasteiger partial charge in [0.1, 0.15) is 5.02 Å². The SMILES string of the molecule is O=C(Nc1nnc(-c2ccccc2)o1)C1CCN(S(=O)(=O)c2ccc(Cl)c([N+](=O)[O-])c2)CC1. The second-order valence-electron chi connectivity index (χ2n) is 7.32. The van der Waals surface area contributed by atoms with Gasteiger partial charge in [0.2, 0.25) is 21.8 Å². The summed E-state index contributed by atoms with van der Waals surface area (Å²) >= 11 is 5.77. The van der Waals surface area contributed by atoms with Gasteiger partial charge >= 0.3 is 6.01 Å². The van der Waals surface area contributed by atoms with Gasteiger partial charge in [-0.2, -0.15) is 4.31 Å². The number of carbonyl (C=O) groups is 1. The van der Waals surface area contributed by atoms with Gasteiger partial charge in [-0.05, 0) is 37.1 Å². The molecule has 1 amide bonds. The van der Waals surface area contributed by atoms with Crippen LogP contribution in [0.4, 0.5) is 11.7 Å². The fraction of sp³-hybridized carbons (Fsp3) is 0.250. The Morgan fingerprint density at radius 3 is 2.52 bits per heavy atom. The average Bonchev–Trinajstić information content (AvgIpc) is 3.28. The number of aromatic nitrogens is 2. The maximum atomic E-state index is 12.9. The molecular formula is C20H18ClN5O6S. The van der Waals surface area contributed by atoms with Gasteiger partial charge in [0.15, 0.2) is 0 Å². The van der Waals surface area contributed by atoms with Crippen molar-refractivity contribution in [3.05, 3.63) is 63.7 Å². The van der Waals surface area contributed by atoms with Crippen LogP contribution in [-0.4, -0.2) is 46.8 Å². The highest BCUT2D eigenvalue weighted by molar-refractivity contribution is 7.89. The number of amides is 1. The second kappa shape index (κ2) is 9.25. The monoisotopic (exact) mass is 491 g/mol. The maximum Gasteiger partial charge on any atom is 0.322 e. The van der Waals surface area contributed by atoms with Gasteiger partial charge in [-0.3, -0.25) is 20.2 Å². The number of sulfonamides is 1. The van der Waals surface area contributed by atoms with Gasteiger partial charge in [0.25, 0.3) is 5.69 Å². The predicted molar refractivity (Wildman–Crippen MR) is 118 cm³/mol. The molecule has 11 nitrogen and oxygen atoms in total. The Morgan fingerprint density at radius 2 is 1.85 bits per heavy atom. The Hall–Kier alpha value is -3.35. The van der Waals surface area contributed by atoms with Crippen LogP contribution >= 0.6 is 11.6 Å². The van der Waals surface area contributed by atoms with Crippen LogP contribution < -0.4 is 5.32 Å². The molecular weight excluding hydrogens is 474 g/mol. The second-order valence-corrected chi connectivity index (χ2v) is 9.66. The minimum atomic E-state index is -3.97. The summed E-state index contributed by atoms with van der Waals surface area (Å²) in [5.74, 6) is -0.538. The van der Waals surface area contributed by atoms with Gasteiger partial charge in [-0.15, -0.1) is 5.10 Å². The number of nitro groups is 1. The lowest BCUT2D eigenvalue weighted by atomic mass is 9.97. The van der Waals surface area contributed by atoms with Crippen LogP contribution in [0.1, 0.15) is 12.8 Å². The molecule has 2 heterocycles. The van der Waals surface area contributed by atoms with Crippen LogP contribution in [0.5, 0.6) is 0 Å². The van der Waals surface area contributed by atoms with E-state index in [9.17, 15) is 23.3 Å². The first-order valence-corrected chi connectivity index (χ1v) is 11.7. The molecule has 1 aliphatic heterocycles. The molecule has 1 aromatic heterocycles. The first kappa shape index (κ1) is 22.8. The van der Waals surface area contributed by atoms with Gasteiger partial charge in [-0.1, -0.05) is 34.9 Å². The van der Waals surface area contributed by atoms with Crippen molar-refractivity contribution in [3.8, 4) is 11.5 Å². The summed E-state index contributed by atoms with van der Waals surface area (Å²) in [5.41, 5.74) is 0.230. The lowest BCUT2D eigenvalue weighted by Crippen LogP contribution is -2.41. The molecule has 0 bridgehead atoms. The van der Waals surface area contributed by atoms with Crippen molar-refractivity contribution in [2.75, 3.05) is 18.4 Å². The highest BCUT2D eigenvalue weighted by atomic mass is 35.5. The largest absolute Gasteiger partial charge is 0.403 e. The van der Waals surface area contributed by atoms with Crippen LogP contribution in [0, 0.1) is 16.0 Å². The van der Waals surface area contributed by atoms with E-state index in [1.807, 2.05) is 18.2 Å². The number of halogens is 1. The van der Waals surface area contributed by atoms with E-state index in [-0.39, 0.29) is 53.7 Å². The minimum absolute atomic E-state index is 0.0395. The van der Waals surface area contributed by atoms with Crippen LogP contribution in [0.3, 0.4) is 0 Å². The summed E-state index contributed by atoms with van der Waals surface area (Å²) in [6.45, 7) is 0.159. The first-order chi connectivity index (χ1) is 15.8. The van der Waals surface area contributed by atoms with Crippen molar-refractivity contribution in [2.45, 2.75) is 17.7 Å². The molecule has 1 fully saturated rings. The number of hydrogen-bond acceptors (Lipinski definition) is 8. The molecule has 1 N–H and O–H groups in total. The topological polar surface area (TPSA) is 149 Å². The van der Waals surface area contributed by atoms with E-state index < -0.39 is 26.6 Å². The van der Waals surface area contributed by atoms with Crippen molar-refractivity contribution in [1.29, 1.82) is 0 Å². The minimum Gasteiger partial charge on any atom is -0.403 e. The van der Waals surface area contributed by atoms with Crippen molar-refractivity contribution >= 4 is 39.2 Å². The summed E-state index contributed by atoms with van der Waals surface area (Å²) in [4.78, 5) is 22.7. The van der Waals surface area contributed by atoms with E-state index in [2.05, 4.69) is 15.5 Å². The third-order valence-electron chi connectivity index (χ3n) is 5.25. The number of benzene rings is 2. The van der Waals surface area contributed by atoms with Crippen molar-refractivity contribution < 1.29 is 22.6 Å². The van der Waals surface area contributed by atoms with Crippen LogP contribution in [0.2, 0.25) is 5.02 Å². The molecule has 33 heavy (non-hydrogen) atoms. The zero-order valence-corrected chi connectivity index (χ0v) is 18.6. The van der Waals surface area contributed by atoms with E-state index in [0.29, 0.717) is 5.56 Å². The molecule has 13 heteroatoms. The number of carbonyl (C=O) groups excluding carboxylic acids is 1. The van der Waals surface area contributed by atoms with Crippen LogP contribution in [-0.2, 0) is 14.8 Å². The highest BCUT2D eigenvalue weighted by Crippen LogP contribution is 2.30. The molecule has 0 saturated carbocycles. The van der Waals surface area contributed by atoms with Gasteiger partial charge in [0.05, 0.1) is 9.82 Å². The Bertz CT molecular complexity index is 1290. The molecule has 0 unspecified atom stereocenters. The number of nitrogens with zero attached hydrogens (tertiary/aromatic N) is 4. The normalized spacial score (nSPS) is 15.3. The van der Waals surface area contributed by atoms with E-state index in [4.69, 9.17) is 16.0 Å².